The lowest BCUT2D eigenvalue weighted by atomic mass is 10.1. The van der Waals surface area contributed by atoms with E-state index >= 15 is 0 Å². The zero-order chi connectivity index (χ0) is 20.3. The van der Waals surface area contributed by atoms with Crippen molar-refractivity contribution < 1.29 is 14.3 Å². The summed E-state index contributed by atoms with van der Waals surface area (Å²) in [4.78, 5) is 12.7. The van der Waals surface area contributed by atoms with Crippen LogP contribution in [0.1, 0.15) is 23.7 Å². The molecular weight excluding hydrogens is 354 g/mol. The molecule has 28 heavy (non-hydrogen) atoms. The fourth-order valence-corrected chi connectivity index (χ4v) is 3.00. The highest BCUT2D eigenvalue weighted by Gasteiger charge is 2.18. The van der Waals surface area contributed by atoms with E-state index in [0.717, 1.165) is 28.3 Å². The zero-order valence-corrected chi connectivity index (χ0v) is 16.8. The number of aromatic nitrogens is 2. The van der Waals surface area contributed by atoms with Crippen LogP contribution in [0.25, 0.3) is 5.69 Å². The van der Waals surface area contributed by atoms with E-state index in [0.29, 0.717) is 11.6 Å². The normalized spacial score (nSPS) is 11.8. The lowest BCUT2D eigenvalue weighted by Gasteiger charge is -2.16. The second kappa shape index (κ2) is 8.17. The number of nitrogens with zero attached hydrogens (tertiary/aromatic N) is 2. The number of nitrogens with one attached hydrogen (secondary N) is 1. The molecule has 3 rings (SSSR count). The number of anilines is 1. The summed E-state index contributed by atoms with van der Waals surface area (Å²) in [6, 6.07) is 15.1. The van der Waals surface area contributed by atoms with Gasteiger partial charge in [0.25, 0.3) is 5.91 Å². The summed E-state index contributed by atoms with van der Waals surface area (Å²) in [6.07, 6.45) is -0.670. The van der Waals surface area contributed by atoms with Crippen LogP contribution in [0.4, 0.5) is 5.82 Å². The van der Waals surface area contributed by atoms with Gasteiger partial charge in [0.2, 0.25) is 0 Å². The Balaban J connectivity index is 1.76. The molecule has 0 aliphatic carbocycles. The van der Waals surface area contributed by atoms with Crippen LogP contribution in [0.3, 0.4) is 0 Å². The Morgan fingerprint density at radius 3 is 2.21 bits per heavy atom. The standard InChI is InChI=1S/C22H25N3O3/c1-14-10-15(2)12-18(11-14)25-21(13-16(3)24-25)23-22(26)17(4)28-20-8-6-19(27-5)7-9-20/h6-13,17H,1-5H3,(H,23,26). The second-order valence-electron chi connectivity index (χ2n) is 6.85. The van der Waals surface area contributed by atoms with Gasteiger partial charge in [-0.1, -0.05) is 6.07 Å². The largest absolute Gasteiger partial charge is 0.497 e. The number of hydrogen-bond donors (Lipinski definition) is 1. The highest BCUT2D eigenvalue weighted by Crippen LogP contribution is 2.21. The molecular formula is C22H25N3O3. The Morgan fingerprint density at radius 1 is 1.00 bits per heavy atom. The first-order valence-electron chi connectivity index (χ1n) is 9.12. The Bertz CT molecular complexity index is 957. The van der Waals surface area contributed by atoms with Gasteiger partial charge in [0.1, 0.15) is 17.3 Å². The van der Waals surface area contributed by atoms with Gasteiger partial charge in [-0.3, -0.25) is 4.79 Å². The summed E-state index contributed by atoms with van der Waals surface area (Å²) in [5.74, 6) is 1.69. The summed E-state index contributed by atoms with van der Waals surface area (Å²) < 4.78 is 12.6. The monoisotopic (exact) mass is 379 g/mol. The molecule has 0 bridgehead atoms. The van der Waals surface area contributed by atoms with E-state index < -0.39 is 6.10 Å². The third kappa shape index (κ3) is 4.52. The molecule has 0 fully saturated rings. The smallest absolute Gasteiger partial charge is 0.266 e. The van der Waals surface area contributed by atoms with E-state index in [4.69, 9.17) is 9.47 Å². The van der Waals surface area contributed by atoms with Gasteiger partial charge in [0.05, 0.1) is 18.5 Å². The number of hydrogen-bond acceptors (Lipinski definition) is 4. The maximum Gasteiger partial charge on any atom is 0.266 e. The van der Waals surface area contributed by atoms with E-state index in [1.807, 2.05) is 39.0 Å². The van der Waals surface area contributed by atoms with E-state index in [-0.39, 0.29) is 5.91 Å². The van der Waals surface area contributed by atoms with Crippen molar-refractivity contribution in [3.05, 3.63) is 65.4 Å². The van der Waals surface area contributed by atoms with Crippen LogP contribution in [-0.2, 0) is 4.79 Å². The first-order valence-corrected chi connectivity index (χ1v) is 9.12. The fourth-order valence-electron chi connectivity index (χ4n) is 3.00. The molecule has 0 spiro atoms. The minimum Gasteiger partial charge on any atom is -0.497 e. The van der Waals surface area contributed by atoms with Gasteiger partial charge in [-0.15, -0.1) is 0 Å². The van der Waals surface area contributed by atoms with Crippen molar-refractivity contribution in [1.82, 2.24) is 9.78 Å². The maximum absolute atomic E-state index is 12.7. The number of benzene rings is 2. The van der Waals surface area contributed by atoms with Gasteiger partial charge in [-0.25, -0.2) is 4.68 Å². The Kier molecular flexibility index (Phi) is 5.68. The number of amides is 1. The SMILES string of the molecule is COc1ccc(OC(C)C(=O)Nc2cc(C)nn2-c2cc(C)cc(C)c2)cc1. The molecule has 0 radical (unpaired) electrons. The van der Waals surface area contributed by atoms with Crippen molar-refractivity contribution in [3.8, 4) is 17.2 Å². The molecule has 1 unspecified atom stereocenters. The quantitative estimate of drug-likeness (QED) is 0.697. The molecule has 1 N–H and O–H groups in total. The molecule has 0 saturated heterocycles. The number of ether oxygens (including phenoxy) is 2. The molecule has 2 aromatic carbocycles. The molecule has 1 atom stereocenters. The zero-order valence-electron chi connectivity index (χ0n) is 16.8. The van der Waals surface area contributed by atoms with E-state index in [1.54, 1.807) is 43.0 Å². The van der Waals surface area contributed by atoms with Gasteiger partial charge < -0.3 is 14.8 Å². The fraction of sp³-hybridized carbons (Fsp3) is 0.273. The Morgan fingerprint density at radius 2 is 1.61 bits per heavy atom. The minimum absolute atomic E-state index is 0.249. The van der Waals surface area contributed by atoms with Gasteiger partial charge in [0.15, 0.2) is 6.10 Å². The van der Waals surface area contributed by atoms with Crippen molar-refractivity contribution in [2.45, 2.75) is 33.8 Å². The average Bonchev–Trinajstić information content (AvgIpc) is 3.01. The molecule has 1 heterocycles. The number of methoxy groups -OCH3 is 1. The van der Waals surface area contributed by atoms with Gasteiger partial charge in [0, 0.05) is 6.07 Å². The van der Waals surface area contributed by atoms with Crippen molar-refractivity contribution >= 4 is 11.7 Å². The minimum atomic E-state index is -0.670. The molecule has 146 valence electrons. The van der Waals surface area contributed by atoms with Crippen LogP contribution < -0.4 is 14.8 Å². The summed E-state index contributed by atoms with van der Waals surface area (Å²) in [5.41, 5.74) is 4.00. The molecule has 1 aromatic heterocycles. The number of rotatable bonds is 6. The molecule has 1 amide bonds. The molecule has 3 aromatic rings. The van der Waals surface area contributed by atoms with Gasteiger partial charge >= 0.3 is 0 Å². The van der Waals surface area contributed by atoms with Crippen LogP contribution in [0.2, 0.25) is 0 Å². The topological polar surface area (TPSA) is 65.4 Å². The predicted molar refractivity (Wildman–Crippen MR) is 109 cm³/mol. The first-order chi connectivity index (χ1) is 13.4. The molecule has 0 aliphatic rings. The number of aryl methyl sites for hydroxylation is 3. The highest BCUT2D eigenvalue weighted by atomic mass is 16.5. The van der Waals surface area contributed by atoms with Crippen molar-refractivity contribution in [1.29, 1.82) is 0 Å². The van der Waals surface area contributed by atoms with Crippen LogP contribution >= 0.6 is 0 Å². The van der Waals surface area contributed by atoms with Crippen molar-refractivity contribution in [3.63, 3.8) is 0 Å². The molecule has 6 heteroatoms. The third-order valence-corrected chi connectivity index (χ3v) is 4.28. The predicted octanol–water partition coefficient (Wildman–Crippen LogP) is 4.21. The number of carbonyl (C=O) groups excluding carboxylic acids is 1. The van der Waals surface area contributed by atoms with Crippen molar-refractivity contribution in [2.75, 3.05) is 12.4 Å². The second-order valence-corrected chi connectivity index (χ2v) is 6.85. The summed E-state index contributed by atoms with van der Waals surface area (Å²) >= 11 is 0. The lowest BCUT2D eigenvalue weighted by molar-refractivity contribution is -0.122. The Labute approximate surface area is 165 Å². The van der Waals surface area contributed by atoms with Crippen molar-refractivity contribution in [2.24, 2.45) is 0 Å². The van der Waals surface area contributed by atoms with Gasteiger partial charge in [-0.05, 0) is 75.2 Å². The van der Waals surface area contributed by atoms with Crippen LogP contribution in [0, 0.1) is 20.8 Å². The van der Waals surface area contributed by atoms with Gasteiger partial charge in [-0.2, -0.15) is 5.10 Å². The highest BCUT2D eigenvalue weighted by molar-refractivity contribution is 5.93. The lowest BCUT2D eigenvalue weighted by Crippen LogP contribution is -2.31. The summed E-state index contributed by atoms with van der Waals surface area (Å²) in [6.45, 7) is 7.68. The molecule has 0 saturated carbocycles. The van der Waals surface area contributed by atoms with E-state index in [2.05, 4.69) is 16.5 Å². The summed E-state index contributed by atoms with van der Waals surface area (Å²) in [5, 5.41) is 7.45. The third-order valence-electron chi connectivity index (χ3n) is 4.28. The number of carbonyl (C=O) groups is 1. The maximum atomic E-state index is 12.7. The van der Waals surface area contributed by atoms with Crippen LogP contribution in [0.15, 0.2) is 48.5 Å². The van der Waals surface area contributed by atoms with E-state index in [1.165, 1.54) is 0 Å². The molecule has 0 aliphatic heterocycles. The molecule has 6 nitrogen and oxygen atoms in total. The first kappa shape index (κ1) is 19.5. The van der Waals surface area contributed by atoms with Crippen LogP contribution in [-0.4, -0.2) is 28.9 Å². The average molecular weight is 379 g/mol. The van der Waals surface area contributed by atoms with Crippen LogP contribution in [0.5, 0.6) is 11.5 Å². The summed E-state index contributed by atoms with van der Waals surface area (Å²) in [7, 11) is 1.60. The van der Waals surface area contributed by atoms with E-state index in [9.17, 15) is 4.79 Å². The Hall–Kier alpha value is -3.28.